The number of amides is 2. The van der Waals surface area contributed by atoms with Crippen molar-refractivity contribution in [2.24, 2.45) is 0 Å². The molecule has 0 aliphatic carbocycles. The highest BCUT2D eigenvalue weighted by atomic mass is 32.2. The van der Waals surface area contributed by atoms with E-state index in [9.17, 15) is 26.4 Å². The van der Waals surface area contributed by atoms with Gasteiger partial charge in [-0.3, -0.25) is 0 Å². The van der Waals surface area contributed by atoms with Gasteiger partial charge in [-0.15, -0.1) is 0 Å². The second-order valence-electron chi connectivity index (χ2n) is 4.45. The Bertz CT molecular complexity index is 806. The minimum Gasteiger partial charge on any atom is -0.307 e. The van der Waals surface area contributed by atoms with Gasteiger partial charge in [0.2, 0.25) is 0 Å². The Morgan fingerprint density at radius 1 is 0.957 bits per heavy atom. The molecular weight excluding hydrogens is 333 g/mol. The number of anilines is 1. The van der Waals surface area contributed by atoms with E-state index in [2.05, 4.69) is 5.32 Å². The molecule has 0 saturated carbocycles. The van der Waals surface area contributed by atoms with Gasteiger partial charge in [0.05, 0.1) is 10.5 Å². The van der Waals surface area contributed by atoms with Gasteiger partial charge >= 0.3 is 12.2 Å². The van der Waals surface area contributed by atoms with Crippen LogP contribution in [0.15, 0.2) is 59.5 Å². The summed E-state index contributed by atoms with van der Waals surface area (Å²) in [6.07, 6.45) is -4.57. The summed E-state index contributed by atoms with van der Waals surface area (Å²) in [6.45, 7) is 0. The lowest BCUT2D eigenvalue weighted by Gasteiger charge is -2.11. The zero-order valence-electron chi connectivity index (χ0n) is 11.5. The SMILES string of the molecule is O=C(Nc1cccc(C(F)(F)F)c1)NS(=O)(=O)c1ccccc1. The van der Waals surface area contributed by atoms with Crippen LogP contribution in [0.1, 0.15) is 5.56 Å². The third-order valence-corrected chi connectivity index (χ3v) is 4.08. The smallest absolute Gasteiger partial charge is 0.307 e. The molecule has 0 aromatic heterocycles. The summed E-state index contributed by atoms with van der Waals surface area (Å²) in [5.41, 5.74) is -1.14. The lowest BCUT2D eigenvalue weighted by Crippen LogP contribution is -2.34. The number of rotatable bonds is 3. The molecular formula is C14H11F3N2O3S. The minimum atomic E-state index is -4.57. The molecule has 2 aromatic carbocycles. The molecule has 9 heteroatoms. The lowest BCUT2D eigenvalue weighted by atomic mass is 10.2. The highest BCUT2D eigenvalue weighted by Crippen LogP contribution is 2.30. The van der Waals surface area contributed by atoms with E-state index in [-0.39, 0.29) is 10.6 Å². The summed E-state index contributed by atoms with van der Waals surface area (Å²) >= 11 is 0. The van der Waals surface area contributed by atoms with Gasteiger partial charge in [0, 0.05) is 5.69 Å². The van der Waals surface area contributed by atoms with Gasteiger partial charge in [0.15, 0.2) is 0 Å². The Balaban J connectivity index is 2.12. The molecule has 2 aromatic rings. The Morgan fingerprint density at radius 2 is 1.61 bits per heavy atom. The van der Waals surface area contributed by atoms with Crippen LogP contribution in [0.3, 0.4) is 0 Å². The fraction of sp³-hybridized carbons (Fsp3) is 0.0714. The number of hydrogen-bond donors (Lipinski definition) is 2. The third-order valence-electron chi connectivity index (χ3n) is 2.73. The highest BCUT2D eigenvalue weighted by Gasteiger charge is 2.30. The molecule has 2 amide bonds. The molecule has 5 nitrogen and oxygen atoms in total. The number of carbonyl (C=O) groups is 1. The molecule has 0 spiro atoms. The third kappa shape index (κ3) is 4.46. The minimum absolute atomic E-state index is 0.140. The van der Waals surface area contributed by atoms with Crippen LogP contribution in [0, 0.1) is 0 Å². The first-order valence-corrected chi connectivity index (χ1v) is 7.73. The number of hydrogen-bond acceptors (Lipinski definition) is 3. The van der Waals surface area contributed by atoms with Gasteiger partial charge in [0.25, 0.3) is 10.0 Å². The van der Waals surface area contributed by atoms with E-state index in [1.807, 2.05) is 0 Å². The van der Waals surface area contributed by atoms with Crippen molar-refractivity contribution in [2.45, 2.75) is 11.1 Å². The predicted molar refractivity (Wildman–Crippen MR) is 77.2 cm³/mol. The molecule has 0 unspecified atom stereocenters. The molecule has 23 heavy (non-hydrogen) atoms. The lowest BCUT2D eigenvalue weighted by molar-refractivity contribution is -0.137. The Morgan fingerprint density at radius 3 is 2.22 bits per heavy atom. The number of carbonyl (C=O) groups excluding carboxylic acids is 1. The number of alkyl halides is 3. The molecule has 122 valence electrons. The fourth-order valence-electron chi connectivity index (χ4n) is 1.71. The van der Waals surface area contributed by atoms with Gasteiger partial charge in [-0.1, -0.05) is 24.3 Å². The topological polar surface area (TPSA) is 75.3 Å². The van der Waals surface area contributed by atoms with Crippen LogP contribution < -0.4 is 10.0 Å². The van der Waals surface area contributed by atoms with Crippen molar-refractivity contribution in [1.82, 2.24) is 4.72 Å². The monoisotopic (exact) mass is 344 g/mol. The first-order valence-electron chi connectivity index (χ1n) is 6.24. The normalized spacial score (nSPS) is 11.8. The number of sulfonamides is 1. The Kier molecular flexibility index (Phi) is 4.60. The van der Waals surface area contributed by atoms with E-state index in [0.29, 0.717) is 6.07 Å². The zero-order valence-corrected chi connectivity index (χ0v) is 12.3. The second kappa shape index (κ2) is 6.29. The van der Waals surface area contributed by atoms with Crippen molar-refractivity contribution >= 4 is 21.7 Å². The summed E-state index contributed by atoms with van der Waals surface area (Å²) in [6, 6.07) is 9.79. The van der Waals surface area contributed by atoms with Gasteiger partial charge in [-0.25, -0.2) is 17.9 Å². The summed E-state index contributed by atoms with van der Waals surface area (Å²) in [4.78, 5) is 11.5. The van der Waals surface area contributed by atoms with E-state index in [0.717, 1.165) is 12.1 Å². The van der Waals surface area contributed by atoms with Crippen molar-refractivity contribution in [3.63, 3.8) is 0 Å². The standard InChI is InChI=1S/C14H11F3N2O3S/c15-14(16,17)10-5-4-6-11(9-10)18-13(20)19-23(21,22)12-7-2-1-3-8-12/h1-9H,(H2,18,19,20). The number of halogens is 3. The van der Waals surface area contributed by atoms with Crippen LogP contribution in [0.5, 0.6) is 0 Å². The summed E-state index contributed by atoms with van der Waals surface area (Å²) in [5.74, 6) is 0. The van der Waals surface area contributed by atoms with Crippen molar-refractivity contribution in [3.05, 3.63) is 60.2 Å². The number of benzene rings is 2. The Labute approximate surface area is 130 Å². The van der Waals surface area contributed by atoms with Crippen LogP contribution in [0.2, 0.25) is 0 Å². The van der Waals surface area contributed by atoms with E-state index in [4.69, 9.17) is 0 Å². The molecule has 2 rings (SSSR count). The molecule has 0 saturated heterocycles. The summed E-state index contributed by atoms with van der Waals surface area (Å²) in [5, 5.41) is 2.05. The highest BCUT2D eigenvalue weighted by molar-refractivity contribution is 7.90. The molecule has 0 bridgehead atoms. The van der Waals surface area contributed by atoms with Crippen molar-refractivity contribution in [1.29, 1.82) is 0 Å². The maximum atomic E-state index is 12.6. The molecule has 0 aliphatic heterocycles. The fourth-order valence-corrected chi connectivity index (χ4v) is 2.64. The first-order chi connectivity index (χ1) is 10.7. The van der Waals surface area contributed by atoms with Crippen molar-refractivity contribution < 1.29 is 26.4 Å². The van der Waals surface area contributed by atoms with Crippen molar-refractivity contribution in [3.8, 4) is 0 Å². The van der Waals surface area contributed by atoms with Gasteiger partial charge < -0.3 is 5.32 Å². The molecule has 0 heterocycles. The Hall–Kier alpha value is -2.55. The number of urea groups is 1. The predicted octanol–water partition coefficient (Wildman–Crippen LogP) is 3.22. The van der Waals surface area contributed by atoms with Crippen LogP contribution in [0.25, 0.3) is 0 Å². The van der Waals surface area contributed by atoms with E-state index in [1.165, 1.54) is 30.3 Å². The van der Waals surface area contributed by atoms with Gasteiger partial charge in [-0.05, 0) is 30.3 Å². The van der Waals surface area contributed by atoms with Crippen molar-refractivity contribution in [2.75, 3.05) is 5.32 Å². The molecule has 0 aliphatic rings. The zero-order chi connectivity index (χ0) is 17.1. The first kappa shape index (κ1) is 16.8. The average molecular weight is 344 g/mol. The molecule has 2 N–H and O–H groups in total. The van der Waals surface area contributed by atoms with Crippen LogP contribution in [-0.4, -0.2) is 14.4 Å². The van der Waals surface area contributed by atoms with Gasteiger partial charge in [0.1, 0.15) is 0 Å². The van der Waals surface area contributed by atoms with E-state index >= 15 is 0 Å². The maximum Gasteiger partial charge on any atom is 0.416 e. The number of nitrogens with one attached hydrogen (secondary N) is 2. The molecule has 0 atom stereocenters. The molecule has 0 fully saturated rings. The summed E-state index contributed by atoms with van der Waals surface area (Å²) < 4.78 is 63.3. The maximum absolute atomic E-state index is 12.6. The second-order valence-corrected chi connectivity index (χ2v) is 6.13. The van der Waals surface area contributed by atoms with E-state index in [1.54, 1.807) is 10.8 Å². The van der Waals surface area contributed by atoms with Crippen LogP contribution >= 0.6 is 0 Å². The van der Waals surface area contributed by atoms with Gasteiger partial charge in [-0.2, -0.15) is 13.2 Å². The average Bonchev–Trinajstić information content (AvgIpc) is 2.47. The van der Waals surface area contributed by atoms with Crippen LogP contribution in [-0.2, 0) is 16.2 Å². The summed E-state index contributed by atoms with van der Waals surface area (Å²) in [7, 11) is -4.10. The molecule has 0 radical (unpaired) electrons. The quantitative estimate of drug-likeness (QED) is 0.898. The van der Waals surface area contributed by atoms with Crippen LogP contribution in [0.4, 0.5) is 23.7 Å². The largest absolute Gasteiger partial charge is 0.416 e. The van der Waals surface area contributed by atoms with E-state index < -0.39 is 27.8 Å².